The molecule has 0 N–H and O–H groups in total. The predicted molar refractivity (Wildman–Crippen MR) is 161 cm³/mol. The van der Waals surface area contributed by atoms with Gasteiger partial charge in [0.1, 0.15) is 29.6 Å². The van der Waals surface area contributed by atoms with Crippen molar-refractivity contribution in [2.75, 3.05) is 6.26 Å². The molecule has 0 saturated carbocycles. The first-order valence-electron chi connectivity index (χ1n) is 13.2. The topological polar surface area (TPSA) is 86.7 Å². The van der Waals surface area contributed by atoms with Gasteiger partial charge in [0.05, 0.1) is 0 Å². The fourth-order valence-corrected chi connectivity index (χ4v) is 5.15. The van der Waals surface area contributed by atoms with E-state index in [4.69, 9.17) is 9.47 Å². The number of ether oxygens (including phenoxy) is 2. The van der Waals surface area contributed by atoms with Crippen molar-refractivity contribution in [3.05, 3.63) is 161 Å². The van der Waals surface area contributed by atoms with E-state index < -0.39 is 9.84 Å². The molecule has 7 heteroatoms. The smallest absolute Gasteiger partial charge is 0.193 e. The van der Waals surface area contributed by atoms with Crippen LogP contribution in [0.4, 0.5) is 0 Å². The van der Waals surface area contributed by atoms with Gasteiger partial charge in [0, 0.05) is 34.6 Å². The van der Waals surface area contributed by atoms with E-state index in [0.29, 0.717) is 28.0 Å². The summed E-state index contributed by atoms with van der Waals surface area (Å²) >= 11 is 0. The van der Waals surface area contributed by atoms with Crippen molar-refractivity contribution in [3.63, 3.8) is 0 Å². The maximum absolute atomic E-state index is 12.6. The van der Waals surface area contributed by atoms with Crippen LogP contribution in [0, 0.1) is 0 Å². The molecule has 0 atom stereocenters. The largest absolute Gasteiger partial charge is 0.489 e. The molecule has 0 aliphatic carbocycles. The van der Waals surface area contributed by atoms with Gasteiger partial charge in [-0.05, 0) is 23.3 Å². The molecular formula is C35H28O6S. The van der Waals surface area contributed by atoms with Crippen LogP contribution in [0.25, 0.3) is 0 Å². The normalized spacial score (nSPS) is 11.1. The Kier molecular flexibility index (Phi) is 8.60. The molecule has 0 aliphatic rings. The van der Waals surface area contributed by atoms with Crippen LogP contribution in [0.3, 0.4) is 0 Å². The van der Waals surface area contributed by atoms with Crippen LogP contribution in [-0.4, -0.2) is 26.2 Å². The molecule has 0 amide bonds. The van der Waals surface area contributed by atoms with Crippen molar-refractivity contribution in [2.45, 2.75) is 18.1 Å². The molecule has 0 spiro atoms. The fourth-order valence-electron chi connectivity index (χ4n) is 4.33. The standard InChI is InChI=1S/C35H28O6S/c1-42(38,39)33-22-31(40-23-25-12-16-29(17-13-25)34(36)27-8-4-2-5-9-27)20-21-32(33)41-24-26-14-18-30(19-15-26)35(37)28-10-6-3-7-11-28/h2-22H,23-24H2,1H3. The Bertz CT molecular complexity index is 1800. The van der Waals surface area contributed by atoms with Gasteiger partial charge in [-0.2, -0.15) is 0 Å². The van der Waals surface area contributed by atoms with Gasteiger partial charge in [0.25, 0.3) is 0 Å². The van der Waals surface area contributed by atoms with Crippen LogP contribution in [0.1, 0.15) is 43.0 Å². The lowest BCUT2D eigenvalue weighted by Crippen LogP contribution is -2.05. The molecule has 0 heterocycles. The van der Waals surface area contributed by atoms with E-state index in [2.05, 4.69) is 0 Å². The van der Waals surface area contributed by atoms with Gasteiger partial charge in [-0.3, -0.25) is 9.59 Å². The highest BCUT2D eigenvalue weighted by molar-refractivity contribution is 7.90. The molecule has 5 aromatic carbocycles. The summed E-state index contributed by atoms with van der Waals surface area (Å²) in [5.74, 6) is 0.441. The first-order chi connectivity index (χ1) is 20.3. The highest BCUT2D eigenvalue weighted by Gasteiger charge is 2.17. The summed E-state index contributed by atoms with van der Waals surface area (Å²) in [7, 11) is -3.62. The van der Waals surface area contributed by atoms with Crippen LogP contribution in [0.15, 0.2) is 132 Å². The summed E-state index contributed by atoms with van der Waals surface area (Å²) in [4.78, 5) is 25.3. The van der Waals surface area contributed by atoms with Crippen molar-refractivity contribution < 1.29 is 27.5 Å². The minimum Gasteiger partial charge on any atom is -0.489 e. The Morgan fingerprint density at radius 2 is 0.976 bits per heavy atom. The van der Waals surface area contributed by atoms with E-state index in [1.807, 2.05) is 48.5 Å². The van der Waals surface area contributed by atoms with Crippen LogP contribution in [0.2, 0.25) is 0 Å². The molecule has 5 rings (SSSR count). The first kappa shape index (κ1) is 28.5. The number of carbonyl (C=O) groups is 2. The van der Waals surface area contributed by atoms with Gasteiger partial charge in [-0.1, -0.05) is 109 Å². The van der Waals surface area contributed by atoms with E-state index in [9.17, 15) is 18.0 Å². The molecule has 5 aromatic rings. The van der Waals surface area contributed by atoms with Gasteiger partial charge >= 0.3 is 0 Å². The van der Waals surface area contributed by atoms with Crippen molar-refractivity contribution in [1.82, 2.24) is 0 Å². The zero-order valence-corrected chi connectivity index (χ0v) is 23.7. The first-order valence-corrected chi connectivity index (χ1v) is 15.1. The molecule has 6 nitrogen and oxygen atoms in total. The maximum atomic E-state index is 12.6. The van der Waals surface area contributed by atoms with Crippen LogP contribution < -0.4 is 9.47 Å². The molecule has 0 bridgehead atoms. The van der Waals surface area contributed by atoms with Crippen LogP contribution >= 0.6 is 0 Å². The lowest BCUT2D eigenvalue weighted by molar-refractivity contribution is 0.103. The minimum atomic E-state index is -3.62. The number of sulfone groups is 1. The molecule has 0 aliphatic heterocycles. The number of carbonyl (C=O) groups excluding carboxylic acids is 2. The van der Waals surface area contributed by atoms with E-state index in [0.717, 1.165) is 17.4 Å². The number of ketones is 2. The molecule has 42 heavy (non-hydrogen) atoms. The predicted octanol–water partition coefficient (Wildman–Crippen LogP) is 6.71. The second-order valence-electron chi connectivity index (χ2n) is 9.74. The molecule has 0 aromatic heterocycles. The van der Waals surface area contributed by atoms with Gasteiger partial charge in [0.2, 0.25) is 0 Å². The molecular weight excluding hydrogens is 548 g/mol. The maximum Gasteiger partial charge on any atom is 0.193 e. The van der Waals surface area contributed by atoms with Crippen molar-refractivity contribution >= 4 is 21.4 Å². The Balaban J connectivity index is 1.22. The van der Waals surface area contributed by atoms with Crippen molar-refractivity contribution in [3.8, 4) is 11.5 Å². The molecule has 0 fully saturated rings. The van der Waals surface area contributed by atoms with E-state index in [1.165, 1.54) is 6.07 Å². The third-order valence-corrected chi connectivity index (χ3v) is 7.74. The van der Waals surface area contributed by atoms with Crippen molar-refractivity contribution in [2.24, 2.45) is 0 Å². The molecule has 0 radical (unpaired) electrons. The third-order valence-electron chi connectivity index (χ3n) is 6.62. The summed E-state index contributed by atoms with van der Waals surface area (Å²) in [6.45, 7) is 0.313. The quantitative estimate of drug-likeness (QED) is 0.163. The zero-order chi connectivity index (χ0) is 29.5. The second kappa shape index (κ2) is 12.7. The lowest BCUT2D eigenvalue weighted by Gasteiger charge is -2.13. The molecule has 0 saturated heterocycles. The third kappa shape index (κ3) is 7.00. The summed E-state index contributed by atoms with van der Waals surface area (Å²) in [5, 5.41) is 0. The summed E-state index contributed by atoms with van der Waals surface area (Å²) in [5.41, 5.74) is 3.97. The van der Waals surface area contributed by atoms with Crippen LogP contribution in [-0.2, 0) is 23.1 Å². The van der Waals surface area contributed by atoms with E-state index in [1.54, 1.807) is 72.8 Å². The van der Waals surface area contributed by atoms with E-state index in [-0.39, 0.29) is 35.4 Å². The average Bonchev–Trinajstić information content (AvgIpc) is 3.03. The number of hydrogen-bond donors (Lipinski definition) is 0. The fraction of sp³-hybridized carbons (Fsp3) is 0.0857. The van der Waals surface area contributed by atoms with Gasteiger partial charge < -0.3 is 9.47 Å². The monoisotopic (exact) mass is 576 g/mol. The highest BCUT2D eigenvalue weighted by Crippen LogP contribution is 2.30. The summed E-state index contributed by atoms with van der Waals surface area (Å²) < 4.78 is 36.9. The molecule has 210 valence electrons. The zero-order valence-electron chi connectivity index (χ0n) is 22.9. The van der Waals surface area contributed by atoms with E-state index >= 15 is 0 Å². The second-order valence-corrected chi connectivity index (χ2v) is 11.7. The van der Waals surface area contributed by atoms with Crippen molar-refractivity contribution in [1.29, 1.82) is 0 Å². The van der Waals surface area contributed by atoms with Gasteiger partial charge in [-0.15, -0.1) is 0 Å². The number of benzene rings is 5. The average molecular weight is 577 g/mol. The minimum absolute atomic E-state index is 0.0136. The Labute approximate surface area is 245 Å². The highest BCUT2D eigenvalue weighted by atomic mass is 32.2. The number of rotatable bonds is 11. The number of hydrogen-bond acceptors (Lipinski definition) is 6. The summed E-state index contributed by atoms with van der Waals surface area (Å²) in [6.07, 6.45) is 1.12. The SMILES string of the molecule is CS(=O)(=O)c1cc(OCc2ccc(C(=O)c3ccccc3)cc2)ccc1OCc1ccc(C(=O)c2ccccc2)cc1. The summed E-state index contributed by atoms with van der Waals surface area (Å²) in [6, 6.07) is 36.9. The van der Waals surface area contributed by atoms with Gasteiger partial charge in [-0.25, -0.2) is 8.42 Å². The Hall–Kier alpha value is -5.01. The lowest BCUT2D eigenvalue weighted by atomic mass is 10.0. The Morgan fingerprint density at radius 1 is 0.548 bits per heavy atom. The Morgan fingerprint density at radius 3 is 1.43 bits per heavy atom. The molecule has 0 unspecified atom stereocenters. The van der Waals surface area contributed by atoms with Crippen LogP contribution in [0.5, 0.6) is 11.5 Å². The van der Waals surface area contributed by atoms with Gasteiger partial charge in [0.15, 0.2) is 21.4 Å².